The first kappa shape index (κ1) is 18.7. The lowest BCUT2D eigenvalue weighted by molar-refractivity contribution is -0.134. The van der Waals surface area contributed by atoms with Gasteiger partial charge in [-0.15, -0.1) is 0 Å². The Balaban J connectivity index is 2.06. The van der Waals surface area contributed by atoms with Crippen molar-refractivity contribution in [3.05, 3.63) is 71.3 Å². The van der Waals surface area contributed by atoms with Crippen molar-refractivity contribution < 1.29 is 15.1 Å². The second-order valence-electron chi connectivity index (χ2n) is 5.82. The first-order chi connectivity index (χ1) is 12.0. The molecule has 2 rings (SSSR count). The first-order valence-electron chi connectivity index (χ1n) is 8.06. The van der Waals surface area contributed by atoms with Crippen LogP contribution in [0.3, 0.4) is 0 Å². The van der Waals surface area contributed by atoms with E-state index in [1.165, 1.54) is 6.92 Å². The van der Waals surface area contributed by atoms with Crippen LogP contribution in [0.25, 0.3) is 0 Å². The van der Waals surface area contributed by atoms with E-state index in [1.54, 1.807) is 5.48 Å². The number of benzene rings is 2. The van der Waals surface area contributed by atoms with Gasteiger partial charge >= 0.3 is 0 Å². The van der Waals surface area contributed by atoms with Crippen LogP contribution in [-0.4, -0.2) is 28.4 Å². The Morgan fingerprint density at radius 2 is 1.52 bits per heavy atom. The fraction of sp³-hybridized carbons (Fsp3) is 0.250. The summed E-state index contributed by atoms with van der Waals surface area (Å²) >= 11 is 0. The van der Waals surface area contributed by atoms with Gasteiger partial charge in [0.25, 0.3) is 5.91 Å². The molecule has 0 spiro atoms. The molecule has 0 saturated heterocycles. The molecule has 0 fully saturated rings. The van der Waals surface area contributed by atoms with Gasteiger partial charge in [0, 0.05) is 17.2 Å². The SMILES string of the molecule is CC(N[C@H](C(=O)NO)[C@@H](C)O)c1ccc(C#Cc2ccccc2)cc1. The molecule has 0 aliphatic heterocycles. The molecule has 3 atom stereocenters. The Labute approximate surface area is 147 Å². The molecule has 0 saturated carbocycles. The zero-order chi connectivity index (χ0) is 18.2. The van der Waals surface area contributed by atoms with Gasteiger partial charge in [0.15, 0.2) is 0 Å². The first-order valence-corrected chi connectivity index (χ1v) is 8.06. The van der Waals surface area contributed by atoms with Gasteiger partial charge in [0.2, 0.25) is 0 Å². The van der Waals surface area contributed by atoms with Crippen LogP contribution in [-0.2, 0) is 4.79 Å². The van der Waals surface area contributed by atoms with Crippen LogP contribution in [0.4, 0.5) is 0 Å². The summed E-state index contributed by atoms with van der Waals surface area (Å²) in [4.78, 5) is 11.6. The number of aliphatic hydroxyl groups excluding tert-OH is 1. The topological polar surface area (TPSA) is 81.6 Å². The summed E-state index contributed by atoms with van der Waals surface area (Å²) in [5.41, 5.74) is 4.35. The minimum Gasteiger partial charge on any atom is -0.391 e. The molecule has 5 heteroatoms. The maximum atomic E-state index is 11.6. The van der Waals surface area contributed by atoms with Crippen LogP contribution in [0.5, 0.6) is 0 Å². The lowest BCUT2D eigenvalue weighted by atomic mass is 10.0. The van der Waals surface area contributed by atoms with Crippen molar-refractivity contribution in [2.75, 3.05) is 0 Å². The molecule has 0 aliphatic rings. The van der Waals surface area contributed by atoms with Crippen molar-refractivity contribution in [1.29, 1.82) is 0 Å². The number of hydrogen-bond acceptors (Lipinski definition) is 4. The van der Waals surface area contributed by atoms with E-state index in [-0.39, 0.29) is 6.04 Å². The lowest BCUT2D eigenvalue weighted by Crippen LogP contribution is -2.50. The van der Waals surface area contributed by atoms with Crippen molar-refractivity contribution in [3.8, 4) is 11.8 Å². The highest BCUT2D eigenvalue weighted by Gasteiger charge is 2.25. The minimum absolute atomic E-state index is 0.187. The number of carbonyl (C=O) groups excluding carboxylic acids is 1. The predicted octanol–water partition coefficient (Wildman–Crippen LogP) is 1.99. The predicted molar refractivity (Wildman–Crippen MR) is 95.8 cm³/mol. The van der Waals surface area contributed by atoms with E-state index in [1.807, 2.05) is 61.5 Å². The molecule has 0 aliphatic carbocycles. The molecule has 1 unspecified atom stereocenters. The number of carbonyl (C=O) groups is 1. The molecule has 0 bridgehead atoms. The molecule has 25 heavy (non-hydrogen) atoms. The van der Waals surface area contributed by atoms with E-state index >= 15 is 0 Å². The quantitative estimate of drug-likeness (QED) is 0.382. The Hall–Kier alpha value is -2.65. The molecule has 0 aromatic heterocycles. The van der Waals surface area contributed by atoms with Gasteiger partial charge in [-0.2, -0.15) is 0 Å². The van der Waals surface area contributed by atoms with Crippen LogP contribution in [0.2, 0.25) is 0 Å². The standard InChI is InChI=1S/C20H22N2O3/c1-14(21-19(15(2)23)20(24)22-25)18-12-10-17(11-13-18)9-8-16-6-4-3-5-7-16/h3-7,10-15,19,21,23,25H,1-2H3,(H,22,24)/t14?,15-,19+/m1/s1. The third-order valence-corrected chi connectivity index (χ3v) is 3.84. The van der Waals surface area contributed by atoms with Crippen molar-refractivity contribution in [2.24, 2.45) is 0 Å². The summed E-state index contributed by atoms with van der Waals surface area (Å²) in [6.45, 7) is 3.37. The lowest BCUT2D eigenvalue weighted by Gasteiger charge is -2.24. The van der Waals surface area contributed by atoms with Gasteiger partial charge in [-0.25, -0.2) is 5.48 Å². The van der Waals surface area contributed by atoms with E-state index < -0.39 is 18.1 Å². The van der Waals surface area contributed by atoms with Crippen LogP contribution < -0.4 is 10.8 Å². The average Bonchev–Trinajstić information content (AvgIpc) is 2.64. The van der Waals surface area contributed by atoms with Crippen molar-refractivity contribution in [2.45, 2.75) is 32.0 Å². The fourth-order valence-electron chi connectivity index (χ4n) is 2.39. The number of aliphatic hydroxyl groups is 1. The van der Waals surface area contributed by atoms with Crippen LogP contribution >= 0.6 is 0 Å². The molecular weight excluding hydrogens is 316 g/mol. The van der Waals surface area contributed by atoms with E-state index in [0.717, 1.165) is 16.7 Å². The van der Waals surface area contributed by atoms with Crippen LogP contribution in [0, 0.1) is 11.8 Å². The van der Waals surface area contributed by atoms with Gasteiger partial charge in [-0.1, -0.05) is 42.2 Å². The number of hydroxylamine groups is 1. The highest BCUT2D eigenvalue weighted by Crippen LogP contribution is 2.15. The molecule has 0 radical (unpaired) electrons. The zero-order valence-corrected chi connectivity index (χ0v) is 14.2. The summed E-state index contributed by atoms with van der Waals surface area (Å²) in [5, 5.41) is 21.4. The molecular formula is C20H22N2O3. The maximum Gasteiger partial charge on any atom is 0.263 e. The zero-order valence-electron chi connectivity index (χ0n) is 14.2. The average molecular weight is 338 g/mol. The Kier molecular flexibility index (Phi) is 6.72. The number of hydrogen-bond donors (Lipinski definition) is 4. The van der Waals surface area contributed by atoms with Gasteiger partial charge < -0.3 is 5.11 Å². The van der Waals surface area contributed by atoms with Crippen molar-refractivity contribution in [3.63, 3.8) is 0 Å². The molecule has 5 nitrogen and oxygen atoms in total. The smallest absolute Gasteiger partial charge is 0.263 e. The maximum absolute atomic E-state index is 11.6. The fourth-order valence-corrected chi connectivity index (χ4v) is 2.39. The monoisotopic (exact) mass is 338 g/mol. The van der Waals surface area contributed by atoms with Gasteiger partial charge in [0.05, 0.1) is 6.10 Å². The third-order valence-electron chi connectivity index (χ3n) is 3.84. The molecule has 0 heterocycles. The third kappa shape index (κ3) is 5.44. The van der Waals surface area contributed by atoms with E-state index in [9.17, 15) is 9.90 Å². The minimum atomic E-state index is -0.939. The Morgan fingerprint density at radius 1 is 0.960 bits per heavy atom. The summed E-state index contributed by atoms with van der Waals surface area (Å²) in [7, 11) is 0. The molecule has 1 amide bonds. The van der Waals surface area contributed by atoms with Crippen molar-refractivity contribution in [1.82, 2.24) is 10.8 Å². The van der Waals surface area contributed by atoms with E-state index in [2.05, 4.69) is 17.2 Å². The molecule has 2 aromatic carbocycles. The summed E-state index contributed by atoms with van der Waals surface area (Å²) in [5.74, 6) is 5.53. The number of amides is 1. The summed E-state index contributed by atoms with van der Waals surface area (Å²) in [6, 6.07) is 16.3. The van der Waals surface area contributed by atoms with E-state index in [0.29, 0.717) is 0 Å². The van der Waals surface area contributed by atoms with Gasteiger partial charge in [-0.05, 0) is 43.7 Å². The van der Waals surface area contributed by atoms with Gasteiger partial charge in [0.1, 0.15) is 6.04 Å². The van der Waals surface area contributed by atoms with E-state index in [4.69, 9.17) is 5.21 Å². The highest BCUT2D eigenvalue weighted by atomic mass is 16.5. The molecule has 4 N–H and O–H groups in total. The second kappa shape index (κ2) is 9.00. The van der Waals surface area contributed by atoms with Gasteiger partial charge in [-0.3, -0.25) is 15.3 Å². The summed E-state index contributed by atoms with van der Waals surface area (Å²) < 4.78 is 0. The normalized spacial score (nSPS) is 13.9. The Morgan fingerprint density at radius 3 is 2.04 bits per heavy atom. The van der Waals surface area contributed by atoms with Crippen LogP contribution in [0.1, 0.15) is 36.6 Å². The summed E-state index contributed by atoms with van der Waals surface area (Å²) in [6.07, 6.45) is -0.939. The largest absolute Gasteiger partial charge is 0.391 e. The Bertz CT molecular complexity index is 746. The van der Waals surface area contributed by atoms with Crippen molar-refractivity contribution >= 4 is 5.91 Å². The second-order valence-corrected chi connectivity index (χ2v) is 5.82. The molecule has 130 valence electrons. The number of nitrogens with one attached hydrogen (secondary N) is 2. The van der Waals surface area contributed by atoms with Crippen LogP contribution in [0.15, 0.2) is 54.6 Å². The number of rotatable bonds is 5. The highest BCUT2D eigenvalue weighted by molar-refractivity contribution is 5.81. The molecule has 2 aromatic rings.